The fourth-order valence-electron chi connectivity index (χ4n) is 2.04. The molecule has 0 atom stereocenters. The molecule has 0 aliphatic heterocycles. The van der Waals surface area contributed by atoms with E-state index in [1.54, 1.807) is 13.1 Å². The lowest BCUT2D eigenvalue weighted by Crippen LogP contribution is -2.36. The third-order valence-electron chi connectivity index (χ3n) is 3.24. The van der Waals surface area contributed by atoms with Crippen molar-refractivity contribution < 1.29 is 0 Å². The van der Waals surface area contributed by atoms with Gasteiger partial charge in [-0.3, -0.25) is 4.99 Å². The van der Waals surface area contributed by atoms with Gasteiger partial charge in [0.15, 0.2) is 5.96 Å². The van der Waals surface area contributed by atoms with Crippen LogP contribution < -0.4 is 10.6 Å². The molecule has 1 aromatic carbocycles. The molecule has 0 aliphatic carbocycles. The smallest absolute Gasteiger partial charge is 0.191 e. The van der Waals surface area contributed by atoms with Gasteiger partial charge in [-0.05, 0) is 36.2 Å². The van der Waals surface area contributed by atoms with Crippen molar-refractivity contribution in [2.45, 2.75) is 26.4 Å². The van der Waals surface area contributed by atoms with Crippen molar-refractivity contribution in [1.82, 2.24) is 10.6 Å². The van der Waals surface area contributed by atoms with Crippen LogP contribution in [0.5, 0.6) is 0 Å². The van der Waals surface area contributed by atoms with Crippen molar-refractivity contribution >= 4 is 17.3 Å². The van der Waals surface area contributed by atoms with Crippen LogP contribution in [0, 0.1) is 11.3 Å². The lowest BCUT2D eigenvalue weighted by Gasteiger charge is -2.11. The molecule has 0 saturated heterocycles. The van der Waals surface area contributed by atoms with Crippen LogP contribution in [-0.2, 0) is 19.5 Å². The van der Waals surface area contributed by atoms with Crippen LogP contribution in [-0.4, -0.2) is 13.0 Å². The van der Waals surface area contributed by atoms with Gasteiger partial charge in [-0.25, -0.2) is 0 Å². The number of rotatable bonds is 5. The first-order valence-electron chi connectivity index (χ1n) is 7.26. The van der Waals surface area contributed by atoms with Crippen molar-refractivity contribution in [1.29, 1.82) is 5.26 Å². The number of nitrogens with zero attached hydrogens (tertiary/aromatic N) is 2. The highest BCUT2D eigenvalue weighted by Crippen LogP contribution is 2.16. The predicted molar refractivity (Wildman–Crippen MR) is 91.9 cm³/mol. The zero-order valence-corrected chi connectivity index (χ0v) is 13.7. The summed E-state index contributed by atoms with van der Waals surface area (Å²) in [5.41, 5.74) is 1.74. The Labute approximate surface area is 135 Å². The van der Waals surface area contributed by atoms with Crippen molar-refractivity contribution in [3.63, 3.8) is 0 Å². The van der Waals surface area contributed by atoms with E-state index in [1.165, 1.54) is 9.75 Å². The van der Waals surface area contributed by atoms with E-state index in [0.29, 0.717) is 12.1 Å². The zero-order chi connectivity index (χ0) is 15.8. The van der Waals surface area contributed by atoms with Gasteiger partial charge in [0.05, 0.1) is 18.2 Å². The third kappa shape index (κ3) is 4.61. The molecule has 2 rings (SSSR count). The largest absolute Gasteiger partial charge is 0.352 e. The number of benzene rings is 1. The van der Waals surface area contributed by atoms with Crippen LogP contribution in [0.1, 0.15) is 27.8 Å². The van der Waals surface area contributed by atoms with Crippen LogP contribution in [0.4, 0.5) is 0 Å². The second-order valence-corrected chi connectivity index (χ2v) is 6.07. The first kappa shape index (κ1) is 16.1. The van der Waals surface area contributed by atoms with Crippen molar-refractivity contribution in [2.75, 3.05) is 7.05 Å². The minimum atomic E-state index is 0.639. The van der Waals surface area contributed by atoms with Gasteiger partial charge >= 0.3 is 0 Å². The fraction of sp³-hybridized carbons (Fsp3) is 0.294. The van der Waals surface area contributed by atoms with E-state index in [4.69, 9.17) is 5.26 Å². The minimum absolute atomic E-state index is 0.639. The van der Waals surface area contributed by atoms with Crippen LogP contribution in [0.15, 0.2) is 41.4 Å². The van der Waals surface area contributed by atoms with Gasteiger partial charge in [0.2, 0.25) is 0 Å². The zero-order valence-electron chi connectivity index (χ0n) is 12.9. The lowest BCUT2D eigenvalue weighted by molar-refractivity contribution is 0.815. The SMILES string of the molecule is CCc1ccc(CNC(=NC)NCc2cccc(C#N)c2)s1. The Balaban J connectivity index is 1.86. The van der Waals surface area contributed by atoms with Crippen LogP contribution in [0.2, 0.25) is 0 Å². The Hall–Kier alpha value is -2.32. The summed E-state index contributed by atoms with van der Waals surface area (Å²) in [5.74, 6) is 0.758. The van der Waals surface area contributed by atoms with Crippen LogP contribution >= 0.6 is 11.3 Å². The summed E-state index contributed by atoms with van der Waals surface area (Å²) < 4.78 is 0. The fourth-order valence-corrected chi connectivity index (χ4v) is 2.93. The molecule has 4 nitrogen and oxygen atoms in total. The Morgan fingerprint density at radius 3 is 2.64 bits per heavy atom. The average molecular weight is 312 g/mol. The van der Waals surface area contributed by atoms with Crippen molar-refractivity contribution in [3.05, 3.63) is 57.3 Å². The molecule has 0 spiro atoms. The highest BCUT2D eigenvalue weighted by Gasteiger charge is 2.02. The Morgan fingerprint density at radius 1 is 1.18 bits per heavy atom. The quantitative estimate of drug-likeness (QED) is 0.659. The number of thiophene rings is 1. The maximum atomic E-state index is 8.91. The molecular weight excluding hydrogens is 292 g/mol. The molecule has 2 N–H and O–H groups in total. The molecule has 1 heterocycles. The second-order valence-electron chi connectivity index (χ2n) is 4.81. The van der Waals surface area contributed by atoms with Gasteiger partial charge in [0, 0.05) is 23.3 Å². The molecule has 0 aliphatic rings. The van der Waals surface area contributed by atoms with E-state index in [1.807, 2.05) is 29.5 Å². The normalized spacial score (nSPS) is 11.0. The minimum Gasteiger partial charge on any atom is -0.352 e. The molecule has 0 amide bonds. The Kier molecular flexibility index (Phi) is 5.99. The number of aryl methyl sites for hydroxylation is 1. The average Bonchev–Trinajstić information content (AvgIpc) is 3.03. The number of hydrogen-bond acceptors (Lipinski definition) is 3. The third-order valence-corrected chi connectivity index (χ3v) is 4.47. The summed E-state index contributed by atoms with van der Waals surface area (Å²) in [4.78, 5) is 6.92. The summed E-state index contributed by atoms with van der Waals surface area (Å²) in [5, 5.41) is 15.5. The number of nitriles is 1. The number of nitrogens with one attached hydrogen (secondary N) is 2. The van der Waals surface area contributed by atoms with Crippen molar-refractivity contribution in [2.24, 2.45) is 4.99 Å². The first-order chi connectivity index (χ1) is 10.7. The van der Waals surface area contributed by atoms with Crippen LogP contribution in [0.3, 0.4) is 0 Å². The van der Waals surface area contributed by atoms with E-state index in [-0.39, 0.29) is 0 Å². The maximum Gasteiger partial charge on any atom is 0.191 e. The molecule has 0 fully saturated rings. The standard InChI is InChI=1S/C17H20N4S/c1-3-15-7-8-16(22-15)12-21-17(19-2)20-11-14-6-4-5-13(9-14)10-18/h4-9H,3,11-12H2,1-2H3,(H2,19,20,21). The Morgan fingerprint density at radius 2 is 1.95 bits per heavy atom. The molecule has 0 bridgehead atoms. The molecule has 22 heavy (non-hydrogen) atoms. The molecular formula is C17H20N4S. The van der Waals surface area contributed by atoms with E-state index in [0.717, 1.165) is 24.5 Å². The van der Waals surface area contributed by atoms with E-state index in [2.05, 4.69) is 40.8 Å². The van der Waals surface area contributed by atoms with Gasteiger partial charge in [-0.15, -0.1) is 11.3 Å². The van der Waals surface area contributed by atoms with Gasteiger partial charge in [0.1, 0.15) is 0 Å². The van der Waals surface area contributed by atoms with Gasteiger partial charge in [-0.1, -0.05) is 19.1 Å². The van der Waals surface area contributed by atoms with Gasteiger partial charge < -0.3 is 10.6 Å². The summed E-state index contributed by atoms with van der Waals surface area (Å²) in [6, 6.07) is 14.0. The van der Waals surface area contributed by atoms with Crippen LogP contribution in [0.25, 0.3) is 0 Å². The predicted octanol–water partition coefficient (Wildman–Crippen LogP) is 3.05. The monoisotopic (exact) mass is 312 g/mol. The van der Waals surface area contributed by atoms with Gasteiger partial charge in [0.25, 0.3) is 0 Å². The number of guanidine groups is 1. The number of aliphatic imine (C=N–C) groups is 1. The molecule has 5 heteroatoms. The number of hydrogen-bond donors (Lipinski definition) is 2. The van der Waals surface area contributed by atoms with E-state index in [9.17, 15) is 0 Å². The highest BCUT2D eigenvalue weighted by molar-refractivity contribution is 7.11. The van der Waals surface area contributed by atoms with E-state index < -0.39 is 0 Å². The summed E-state index contributed by atoms with van der Waals surface area (Å²) in [6.07, 6.45) is 1.08. The maximum absolute atomic E-state index is 8.91. The van der Waals surface area contributed by atoms with Gasteiger partial charge in [-0.2, -0.15) is 5.26 Å². The van der Waals surface area contributed by atoms with Crippen molar-refractivity contribution in [3.8, 4) is 6.07 Å². The molecule has 1 aromatic heterocycles. The summed E-state index contributed by atoms with van der Waals surface area (Å²) in [7, 11) is 1.76. The summed E-state index contributed by atoms with van der Waals surface area (Å²) >= 11 is 1.82. The second kappa shape index (κ2) is 8.20. The molecule has 0 radical (unpaired) electrons. The molecule has 0 saturated carbocycles. The highest BCUT2D eigenvalue weighted by atomic mass is 32.1. The summed E-state index contributed by atoms with van der Waals surface area (Å²) in [6.45, 7) is 3.57. The lowest BCUT2D eigenvalue weighted by atomic mass is 10.1. The Bertz CT molecular complexity index is 682. The van der Waals surface area contributed by atoms with E-state index >= 15 is 0 Å². The molecule has 2 aromatic rings. The topological polar surface area (TPSA) is 60.2 Å². The first-order valence-corrected chi connectivity index (χ1v) is 8.08. The molecule has 114 valence electrons. The molecule has 0 unspecified atom stereocenters.